The van der Waals surface area contributed by atoms with Crippen molar-refractivity contribution in [3.8, 4) is 33.6 Å². The number of nitrogens with zero attached hydrogens (tertiary/aromatic N) is 2. The van der Waals surface area contributed by atoms with E-state index in [4.69, 9.17) is 9.97 Å². The zero-order valence-corrected chi connectivity index (χ0v) is 20.1. The molecule has 174 valence electrons. The van der Waals surface area contributed by atoms with Crippen molar-refractivity contribution in [3.63, 3.8) is 0 Å². The first-order valence-electron chi connectivity index (χ1n) is 12.7. The molecule has 1 aliphatic heterocycles. The lowest BCUT2D eigenvalue weighted by Gasteiger charge is -2.06. The Morgan fingerprint density at radius 3 is 1.65 bits per heavy atom. The highest BCUT2D eigenvalue weighted by Gasteiger charge is 2.22. The van der Waals surface area contributed by atoms with Crippen LogP contribution in [0, 0.1) is 13.8 Å². The van der Waals surface area contributed by atoms with Gasteiger partial charge in [0, 0.05) is 28.4 Å². The van der Waals surface area contributed by atoms with Gasteiger partial charge in [-0.1, -0.05) is 61.4 Å². The van der Waals surface area contributed by atoms with Crippen LogP contribution in [0.15, 0.2) is 48.5 Å². The number of imidazole rings is 2. The van der Waals surface area contributed by atoms with E-state index in [0.717, 1.165) is 41.4 Å². The van der Waals surface area contributed by atoms with E-state index in [2.05, 4.69) is 77.7 Å². The number of aryl methyl sites for hydroxylation is 2. The summed E-state index contributed by atoms with van der Waals surface area (Å²) < 4.78 is 0. The molecule has 1 saturated heterocycles. The summed E-state index contributed by atoms with van der Waals surface area (Å²) in [6.45, 7) is 5.33. The first kappa shape index (κ1) is 21.4. The summed E-state index contributed by atoms with van der Waals surface area (Å²) in [4.78, 5) is 16.9. The van der Waals surface area contributed by atoms with Crippen molar-refractivity contribution in [2.45, 2.75) is 64.3 Å². The van der Waals surface area contributed by atoms with Crippen molar-refractivity contribution >= 4 is 0 Å². The molecule has 0 radical (unpaired) electrons. The Hall–Kier alpha value is -3.18. The van der Waals surface area contributed by atoms with Crippen LogP contribution in [0.2, 0.25) is 0 Å². The molecule has 3 N–H and O–H groups in total. The number of nitrogens with one attached hydrogen (secondary N) is 3. The van der Waals surface area contributed by atoms with E-state index >= 15 is 0 Å². The van der Waals surface area contributed by atoms with Gasteiger partial charge in [0.2, 0.25) is 0 Å². The van der Waals surface area contributed by atoms with Crippen molar-refractivity contribution in [1.82, 2.24) is 25.3 Å². The minimum atomic E-state index is 0.359. The maximum atomic E-state index is 4.98. The van der Waals surface area contributed by atoms with Gasteiger partial charge in [-0.2, -0.15) is 0 Å². The molecule has 0 bridgehead atoms. The largest absolute Gasteiger partial charge is 0.345 e. The van der Waals surface area contributed by atoms with Gasteiger partial charge in [0.05, 0.1) is 17.4 Å². The standard InChI is InChI=1S/C29H33N5/c1-18-26(33-28(31-18)24-6-3-4-7-24)22-13-9-20(10-14-22)21-11-15-23(16-12-21)27-19(2)32-29(34-27)25-8-5-17-30-25/h9-16,24-25,30H,3-8,17H2,1-2H3,(H,31,33)(H,32,34)/t25-/m0/s1. The normalized spacial score (nSPS) is 18.7. The number of aromatic amines is 2. The molecular formula is C29H33N5. The number of benzene rings is 2. The van der Waals surface area contributed by atoms with E-state index in [1.165, 1.54) is 60.3 Å². The highest BCUT2D eigenvalue weighted by atomic mass is 15.0. The predicted octanol–water partition coefficient (Wildman–Crippen LogP) is 6.83. The SMILES string of the molecule is Cc1[nH]c(C2CCCC2)nc1-c1ccc(-c2ccc(-c3nc([C@@H]4CCCN4)[nH]c3C)cc2)cc1. The molecule has 3 heterocycles. The van der Waals surface area contributed by atoms with Gasteiger partial charge >= 0.3 is 0 Å². The van der Waals surface area contributed by atoms with Crippen LogP contribution in [0.3, 0.4) is 0 Å². The van der Waals surface area contributed by atoms with Crippen molar-refractivity contribution in [2.75, 3.05) is 6.54 Å². The second kappa shape index (κ2) is 8.88. The van der Waals surface area contributed by atoms with Crippen molar-refractivity contribution in [3.05, 3.63) is 71.6 Å². The molecule has 4 aromatic rings. The van der Waals surface area contributed by atoms with Crippen LogP contribution < -0.4 is 5.32 Å². The summed E-state index contributed by atoms with van der Waals surface area (Å²) in [5, 5.41) is 3.53. The Balaban J connectivity index is 1.21. The van der Waals surface area contributed by atoms with Crippen molar-refractivity contribution in [2.24, 2.45) is 0 Å². The van der Waals surface area contributed by atoms with Gasteiger partial charge < -0.3 is 15.3 Å². The van der Waals surface area contributed by atoms with Crippen molar-refractivity contribution in [1.29, 1.82) is 0 Å². The third-order valence-corrected chi connectivity index (χ3v) is 7.59. The van der Waals surface area contributed by atoms with E-state index in [9.17, 15) is 0 Å². The third-order valence-electron chi connectivity index (χ3n) is 7.59. The highest BCUT2D eigenvalue weighted by molar-refractivity contribution is 5.72. The number of aromatic nitrogens is 4. The van der Waals surface area contributed by atoms with E-state index in [-0.39, 0.29) is 0 Å². The lowest BCUT2D eigenvalue weighted by molar-refractivity contribution is 0.612. The average Bonchev–Trinajstić information content (AvgIpc) is 3.66. The van der Waals surface area contributed by atoms with Crippen LogP contribution >= 0.6 is 0 Å². The Kier molecular flexibility index (Phi) is 5.58. The van der Waals surface area contributed by atoms with E-state index in [0.29, 0.717) is 12.0 Å². The molecule has 5 nitrogen and oxygen atoms in total. The monoisotopic (exact) mass is 451 g/mol. The molecule has 0 spiro atoms. The molecule has 34 heavy (non-hydrogen) atoms. The van der Waals surface area contributed by atoms with E-state index in [1.54, 1.807) is 0 Å². The van der Waals surface area contributed by atoms with Crippen LogP contribution in [0.1, 0.15) is 73.5 Å². The van der Waals surface area contributed by atoms with Gasteiger partial charge in [0.15, 0.2) is 0 Å². The fourth-order valence-corrected chi connectivity index (χ4v) is 5.65. The summed E-state index contributed by atoms with van der Waals surface area (Å²) in [6, 6.07) is 17.9. The molecule has 0 amide bonds. The Morgan fingerprint density at radius 1 is 0.618 bits per heavy atom. The van der Waals surface area contributed by atoms with Gasteiger partial charge in [0.25, 0.3) is 0 Å². The summed E-state index contributed by atoms with van der Waals surface area (Å²) in [6.07, 6.45) is 7.54. The molecule has 2 aliphatic rings. The summed E-state index contributed by atoms with van der Waals surface area (Å²) in [7, 11) is 0. The van der Waals surface area contributed by atoms with E-state index in [1.807, 2.05) is 0 Å². The number of rotatable bonds is 5. The third kappa shape index (κ3) is 3.98. The van der Waals surface area contributed by atoms with Crippen LogP contribution in [0.25, 0.3) is 33.6 Å². The second-order valence-corrected chi connectivity index (χ2v) is 9.98. The fourth-order valence-electron chi connectivity index (χ4n) is 5.65. The Morgan fingerprint density at radius 2 is 1.12 bits per heavy atom. The second-order valence-electron chi connectivity index (χ2n) is 9.98. The number of hydrogen-bond donors (Lipinski definition) is 3. The fraction of sp³-hybridized carbons (Fsp3) is 0.379. The summed E-state index contributed by atoms with van der Waals surface area (Å²) in [5.41, 5.74) is 9.21. The molecule has 2 aromatic carbocycles. The molecular weight excluding hydrogens is 418 g/mol. The molecule has 1 atom stereocenters. The highest BCUT2D eigenvalue weighted by Crippen LogP contribution is 2.35. The van der Waals surface area contributed by atoms with Gasteiger partial charge in [-0.3, -0.25) is 0 Å². The summed E-state index contributed by atoms with van der Waals surface area (Å²) >= 11 is 0. The van der Waals surface area contributed by atoms with Crippen LogP contribution in [0.5, 0.6) is 0 Å². The van der Waals surface area contributed by atoms with Gasteiger partial charge in [-0.05, 0) is 57.2 Å². The van der Waals surface area contributed by atoms with Gasteiger partial charge in [-0.25, -0.2) is 9.97 Å². The molecule has 6 rings (SSSR count). The number of hydrogen-bond acceptors (Lipinski definition) is 3. The smallest absolute Gasteiger partial charge is 0.124 e. The Labute approximate surface area is 201 Å². The van der Waals surface area contributed by atoms with Crippen LogP contribution in [-0.2, 0) is 0 Å². The maximum absolute atomic E-state index is 4.98. The first-order chi connectivity index (χ1) is 16.7. The average molecular weight is 452 g/mol. The maximum Gasteiger partial charge on any atom is 0.124 e. The van der Waals surface area contributed by atoms with E-state index < -0.39 is 0 Å². The Bertz CT molecular complexity index is 1170. The molecule has 2 fully saturated rings. The zero-order chi connectivity index (χ0) is 23.1. The lowest BCUT2D eigenvalue weighted by atomic mass is 10.0. The summed E-state index contributed by atoms with van der Waals surface area (Å²) in [5.74, 6) is 2.84. The lowest BCUT2D eigenvalue weighted by Crippen LogP contribution is -2.14. The topological polar surface area (TPSA) is 69.4 Å². The predicted molar refractivity (Wildman–Crippen MR) is 138 cm³/mol. The minimum absolute atomic E-state index is 0.359. The van der Waals surface area contributed by atoms with Crippen LogP contribution in [-0.4, -0.2) is 26.5 Å². The minimum Gasteiger partial charge on any atom is -0.345 e. The molecule has 1 aliphatic carbocycles. The zero-order valence-electron chi connectivity index (χ0n) is 20.1. The van der Waals surface area contributed by atoms with Gasteiger partial charge in [0.1, 0.15) is 11.6 Å². The molecule has 0 unspecified atom stereocenters. The molecule has 1 saturated carbocycles. The van der Waals surface area contributed by atoms with Crippen molar-refractivity contribution < 1.29 is 0 Å². The first-order valence-corrected chi connectivity index (χ1v) is 12.7. The molecule has 5 heteroatoms. The quantitative estimate of drug-likeness (QED) is 0.311. The number of H-pyrrole nitrogens is 2. The molecule has 2 aromatic heterocycles. The van der Waals surface area contributed by atoms with Gasteiger partial charge in [-0.15, -0.1) is 0 Å². The van der Waals surface area contributed by atoms with Crippen LogP contribution in [0.4, 0.5) is 0 Å².